The fourth-order valence-electron chi connectivity index (χ4n) is 1.32. The van der Waals surface area contributed by atoms with Gasteiger partial charge in [-0.25, -0.2) is 0 Å². The van der Waals surface area contributed by atoms with E-state index < -0.39 is 19.5 Å². The molecule has 0 aromatic heterocycles. The second-order valence-corrected chi connectivity index (χ2v) is 7.46. The van der Waals surface area contributed by atoms with Gasteiger partial charge >= 0.3 is 0 Å². The lowest BCUT2D eigenvalue weighted by atomic mass is 10.4. The third-order valence-electron chi connectivity index (χ3n) is 1.99. The van der Waals surface area contributed by atoms with Crippen molar-refractivity contribution < 1.29 is 0 Å². The van der Waals surface area contributed by atoms with Crippen molar-refractivity contribution in [1.29, 1.82) is 5.53 Å². The summed E-state index contributed by atoms with van der Waals surface area (Å²) >= 11 is -1.87. The molecule has 16 heavy (non-hydrogen) atoms. The Labute approximate surface area is 101 Å². The van der Waals surface area contributed by atoms with Crippen LogP contribution < -0.4 is 0 Å². The van der Waals surface area contributed by atoms with Crippen molar-refractivity contribution >= 4 is 19.5 Å². The summed E-state index contributed by atoms with van der Waals surface area (Å²) in [5.41, 5.74) is 6.93. The Kier molecular flexibility index (Phi) is 3.80. The summed E-state index contributed by atoms with van der Waals surface area (Å²) in [7, 11) is 0. The summed E-state index contributed by atoms with van der Waals surface area (Å²) in [6.07, 6.45) is 0. The minimum Gasteiger partial charge on any atom is -0.0703 e. The van der Waals surface area contributed by atoms with E-state index in [2.05, 4.69) is 32.6 Å². The monoisotopic (exact) mass is 324 g/mol. The summed E-state index contributed by atoms with van der Waals surface area (Å²) < 4.78 is 6.52. The topological polar surface area (TPSA) is 40.6 Å². The number of nitrogens with zero attached hydrogens (tertiary/aromatic N) is 2. The number of rotatable bonds is 0. The Morgan fingerprint density at radius 1 is 0.812 bits per heavy atom. The number of hydrogen-bond donors (Lipinski definition) is 1. The minimum atomic E-state index is -1.87. The highest BCUT2D eigenvalue weighted by Crippen LogP contribution is 2.36. The first kappa shape index (κ1) is 11.0. The Bertz CT molecular complexity index is 509. The molecule has 0 saturated carbocycles. The first-order valence-electron chi connectivity index (χ1n) is 4.79. The SMILES string of the molecule is N=N[N+]#I(c1ccccc1)c1ccccc1. The quantitative estimate of drug-likeness (QED) is 0.422. The van der Waals surface area contributed by atoms with Crippen LogP contribution in [-0.2, 0) is 0 Å². The molecule has 0 atom stereocenters. The maximum absolute atomic E-state index is 6.93. The van der Waals surface area contributed by atoms with Crippen LogP contribution in [0.5, 0.6) is 0 Å². The predicted molar refractivity (Wildman–Crippen MR) is 72.8 cm³/mol. The molecule has 0 aliphatic heterocycles. The van der Waals surface area contributed by atoms with E-state index >= 15 is 0 Å². The van der Waals surface area contributed by atoms with Gasteiger partial charge < -0.3 is 0 Å². The van der Waals surface area contributed by atoms with Crippen molar-refractivity contribution in [1.82, 2.24) is 0 Å². The third kappa shape index (κ3) is 2.53. The molecule has 0 fully saturated rings. The van der Waals surface area contributed by atoms with Gasteiger partial charge in [-0.05, 0) is 24.3 Å². The van der Waals surface area contributed by atoms with E-state index in [4.69, 9.17) is 5.53 Å². The van der Waals surface area contributed by atoms with Crippen LogP contribution in [-0.4, -0.2) is 0 Å². The second-order valence-electron chi connectivity index (χ2n) is 3.03. The molecule has 80 valence electrons. The Hall–Kier alpha value is -1.52. The van der Waals surface area contributed by atoms with Gasteiger partial charge in [-0.2, -0.15) is 0 Å². The Morgan fingerprint density at radius 3 is 1.62 bits per heavy atom. The van der Waals surface area contributed by atoms with Crippen LogP contribution in [0.2, 0.25) is 0 Å². The average Bonchev–Trinajstić information content (AvgIpc) is 2.38. The van der Waals surface area contributed by atoms with E-state index in [1.807, 2.05) is 36.4 Å². The molecular weight excluding hydrogens is 313 g/mol. The van der Waals surface area contributed by atoms with Crippen molar-refractivity contribution in [3.8, 4) is 0 Å². The van der Waals surface area contributed by atoms with E-state index in [0.717, 1.165) is 0 Å². The zero-order chi connectivity index (χ0) is 11.2. The Balaban J connectivity index is 2.53. The molecule has 1 N–H and O–H groups in total. The molecule has 0 saturated heterocycles. The molecule has 0 amide bonds. The van der Waals surface area contributed by atoms with Crippen molar-refractivity contribution in [2.24, 2.45) is 5.22 Å². The fraction of sp³-hybridized carbons (Fsp3) is 0. The van der Waals surface area contributed by atoms with Crippen molar-refractivity contribution in [2.45, 2.75) is 0 Å². The Morgan fingerprint density at radius 2 is 1.25 bits per heavy atom. The molecule has 2 aromatic carbocycles. The van der Waals surface area contributed by atoms with E-state index in [9.17, 15) is 0 Å². The molecule has 2 rings (SSSR count). The molecule has 0 spiro atoms. The molecule has 4 heteroatoms. The number of benzene rings is 2. The van der Waals surface area contributed by atoms with E-state index in [1.165, 1.54) is 7.14 Å². The normalized spacial score (nSPS) is 9.81. The highest BCUT2D eigenvalue weighted by Gasteiger charge is 2.08. The van der Waals surface area contributed by atoms with Crippen LogP contribution in [0.15, 0.2) is 65.9 Å². The molecule has 3 nitrogen and oxygen atoms in total. The van der Waals surface area contributed by atoms with Gasteiger partial charge in [0.05, 0.1) is 7.14 Å². The van der Waals surface area contributed by atoms with Gasteiger partial charge in [-0.1, -0.05) is 39.5 Å². The third-order valence-corrected chi connectivity index (χ3v) is 6.44. The van der Waals surface area contributed by atoms with Crippen LogP contribution in [0.3, 0.4) is 0 Å². The summed E-state index contributed by atoms with van der Waals surface area (Å²) in [5.74, 6) is 0. The van der Waals surface area contributed by atoms with Crippen molar-refractivity contribution in [3.63, 3.8) is 0 Å². The smallest absolute Gasteiger partial charge is 0.0703 e. The van der Waals surface area contributed by atoms with Crippen LogP contribution in [0, 0.1) is 12.7 Å². The lowest BCUT2D eigenvalue weighted by Crippen LogP contribution is -1.77. The molecule has 0 radical (unpaired) electrons. The number of nitrogens with one attached hydrogen (secondary N) is 1. The maximum Gasteiger partial charge on any atom is 0.235 e. The molecule has 2 aromatic rings. The van der Waals surface area contributed by atoms with Gasteiger partial charge in [0.2, 0.25) is 24.7 Å². The summed E-state index contributed by atoms with van der Waals surface area (Å²) in [6.45, 7) is 0. The zero-order valence-electron chi connectivity index (χ0n) is 8.55. The van der Waals surface area contributed by atoms with Crippen LogP contribution in [0.1, 0.15) is 0 Å². The molecule has 0 aliphatic rings. The lowest BCUT2D eigenvalue weighted by Gasteiger charge is -1.96. The molecule has 0 bridgehead atoms. The van der Waals surface area contributed by atoms with Gasteiger partial charge in [0, 0.05) is 5.53 Å². The van der Waals surface area contributed by atoms with Crippen LogP contribution in [0.4, 0.5) is 0 Å². The average molecular weight is 324 g/mol. The molecule has 0 unspecified atom stereocenters. The van der Waals surface area contributed by atoms with Gasteiger partial charge in [-0.15, -0.1) is 0 Å². The first-order chi connectivity index (χ1) is 7.92. The minimum absolute atomic E-state index is 1.20. The highest BCUT2D eigenvalue weighted by atomic mass is 127. The largest absolute Gasteiger partial charge is 0.235 e. The first-order valence-corrected chi connectivity index (χ1v) is 7.91. The van der Waals surface area contributed by atoms with Crippen LogP contribution in [0.25, 0.3) is 3.07 Å². The van der Waals surface area contributed by atoms with E-state index in [1.54, 1.807) is 0 Å². The molecule has 0 heterocycles. The summed E-state index contributed by atoms with van der Waals surface area (Å²) in [5, 5.41) is 3.23. The number of hydrogen-bond acceptors (Lipinski definition) is 2. The predicted octanol–water partition coefficient (Wildman–Crippen LogP) is 4.47. The van der Waals surface area contributed by atoms with E-state index in [-0.39, 0.29) is 0 Å². The maximum atomic E-state index is 6.93. The molecule has 0 aliphatic carbocycles. The molecular formula is C12H11IN3+. The zero-order valence-corrected chi connectivity index (χ0v) is 10.7. The van der Waals surface area contributed by atoms with Crippen molar-refractivity contribution in [3.05, 3.63) is 70.9 Å². The van der Waals surface area contributed by atoms with Crippen LogP contribution >= 0.6 is 19.5 Å². The fourth-order valence-corrected chi connectivity index (χ4v) is 4.95. The lowest BCUT2D eigenvalue weighted by molar-refractivity contribution is 1.15. The van der Waals surface area contributed by atoms with Gasteiger partial charge in [0.1, 0.15) is 0 Å². The summed E-state index contributed by atoms with van der Waals surface area (Å²) in [6, 6.07) is 20.2. The second kappa shape index (κ2) is 5.53. The standard InChI is InChI=1S/C12H11IN3/c14-16-15-13(11-7-3-1-4-8-11)12-9-5-2-6-10-12/h1-10,14H/q+1. The van der Waals surface area contributed by atoms with Gasteiger partial charge in [0.15, 0.2) is 0 Å². The van der Waals surface area contributed by atoms with Gasteiger partial charge in [0.25, 0.3) is 0 Å². The van der Waals surface area contributed by atoms with E-state index in [0.29, 0.717) is 0 Å². The highest BCUT2D eigenvalue weighted by molar-refractivity contribution is 14.2. The summed E-state index contributed by atoms with van der Waals surface area (Å²) in [4.78, 5) is 0. The number of halogens is 1. The van der Waals surface area contributed by atoms with Gasteiger partial charge in [-0.3, -0.25) is 0 Å². The van der Waals surface area contributed by atoms with Crippen molar-refractivity contribution in [2.75, 3.05) is 0 Å².